The first-order valence-corrected chi connectivity index (χ1v) is 9.76. The normalized spacial score (nSPS) is 16.2. The van der Waals surface area contributed by atoms with Gasteiger partial charge in [-0.25, -0.2) is 9.18 Å². The second-order valence-electron chi connectivity index (χ2n) is 7.18. The Bertz CT molecular complexity index is 929. The summed E-state index contributed by atoms with van der Waals surface area (Å²) in [5.41, 5.74) is 1.49. The maximum atomic E-state index is 13.1. The number of rotatable bonds is 4. The minimum absolute atomic E-state index is 0.160. The summed E-state index contributed by atoms with van der Waals surface area (Å²) in [6.07, 6.45) is 0. The second kappa shape index (κ2) is 8.48. The van der Waals surface area contributed by atoms with Crippen LogP contribution in [0.5, 0.6) is 11.5 Å². The Morgan fingerprint density at radius 3 is 2.43 bits per heavy atom. The molecule has 2 aliphatic heterocycles. The summed E-state index contributed by atoms with van der Waals surface area (Å²) in [4.78, 5) is 28.7. The molecule has 3 amide bonds. The Morgan fingerprint density at radius 1 is 1.00 bits per heavy atom. The van der Waals surface area contributed by atoms with Crippen LogP contribution >= 0.6 is 0 Å². The van der Waals surface area contributed by atoms with Crippen LogP contribution in [0.15, 0.2) is 42.5 Å². The van der Waals surface area contributed by atoms with Gasteiger partial charge in [0.05, 0.1) is 0 Å². The Balaban J connectivity index is 1.26. The number of halogens is 1. The average Bonchev–Trinajstić information content (AvgIpc) is 3.22. The van der Waals surface area contributed by atoms with E-state index in [0.717, 1.165) is 5.69 Å². The molecule has 30 heavy (non-hydrogen) atoms. The van der Waals surface area contributed by atoms with Crippen molar-refractivity contribution in [2.24, 2.45) is 0 Å². The number of amides is 3. The van der Waals surface area contributed by atoms with Crippen molar-refractivity contribution in [1.29, 1.82) is 0 Å². The molecule has 2 aromatic rings. The fourth-order valence-electron chi connectivity index (χ4n) is 3.39. The quantitative estimate of drug-likeness (QED) is 0.803. The molecular formula is C21H23FN4O4. The number of urea groups is 1. The van der Waals surface area contributed by atoms with Gasteiger partial charge in [0.15, 0.2) is 11.5 Å². The van der Waals surface area contributed by atoms with E-state index in [-0.39, 0.29) is 24.5 Å². The molecule has 2 N–H and O–H groups in total. The number of hydrogen-bond acceptors (Lipinski definition) is 5. The van der Waals surface area contributed by atoms with E-state index < -0.39 is 6.04 Å². The number of nitrogens with zero attached hydrogens (tertiary/aromatic N) is 2. The number of hydrogen-bond donors (Lipinski definition) is 2. The van der Waals surface area contributed by atoms with Crippen LogP contribution in [0, 0.1) is 5.82 Å². The first-order valence-electron chi connectivity index (χ1n) is 9.76. The Morgan fingerprint density at radius 2 is 1.70 bits per heavy atom. The van der Waals surface area contributed by atoms with Gasteiger partial charge in [-0.2, -0.15) is 0 Å². The zero-order valence-corrected chi connectivity index (χ0v) is 16.6. The molecule has 4 rings (SSSR count). The van der Waals surface area contributed by atoms with Crippen molar-refractivity contribution < 1.29 is 23.5 Å². The monoisotopic (exact) mass is 414 g/mol. The van der Waals surface area contributed by atoms with E-state index in [1.54, 1.807) is 42.2 Å². The molecule has 0 aliphatic carbocycles. The van der Waals surface area contributed by atoms with E-state index in [1.165, 1.54) is 12.1 Å². The topological polar surface area (TPSA) is 83.1 Å². The summed E-state index contributed by atoms with van der Waals surface area (Å²) in [6.45, 7) is 4.09. The van der Waals surface area contributed by atoms with Crippen molar-refractivity contribution in [2.75, 3.05) is 43.2 Å². The molecule has 2 aromatic carbocycles. The predicted molar refractivity (Wildman–Crippen MR) is 109 cm³/mol. The zero-order chi connectivity index (χ0) is 21.1. The smallest absolute Gasteiger partial charge is 0.318 e. The molecule has 0 bridgehead atoms. The van der Waals surface area contributed by atoms with Gasteiger partial charge in [-0.3, -0.25) is 4.79 Å². The zero-order valence-electron chi connectivity index (χ0n) is 16.6. The van der Waals surface area contributed by atoms with Crippen LogP contribution in [0.3, 0.4) is 0 Å². The van der Waals surface area contributed by atoms with Crippen molar-refractivity contribution in [1.82, 2.24) is 10.2 Å². The molecule has 0 saturated carbocycles. The first-order chi connectivity index (χ1) is 14.5. The minimum Gasteiger partial charge on any atom is -0.454 e. The van der Waals surface area contributed by atoms with Gasteiger partial charge < -0.3 is 29.9 Å². The number of piperazine rings is 1. The van der Waals surface area contributed by atoms with Gasteiger partial charge in [-0.05, 0) is 43.3 Å². The molecule has 1 saturated heterocycles. The second-order valence-corrected chi connectivity index (χ2v) is 7.18. The maximum Gasteiger partial charge on any atom is 0.318 e. The van der Waals surface area contributed by atoms with Crippen LogP contribution in [0.25, 0.3) is 0 Å². The SMILES string of the molecule is C[C@H](NC(=O)N1CCN(c2ccc(F)cc2)CC1)C(=O)Nc1ccc2c(c1)OCO2. The molecule has 0 unspecified atom stereocenters. The van der Waals surface area contributed by atoms with Gasteiger partial charge in [-0.15, -0.1) is 0 Å². The fourth-order valence-corrected chi connectivity index (χ4v) is 3.39. The van der Waals surface area contributed by atoms with Gasteiger partial charge in [0.1, 0.15) is 11.9 Å². The third-order valence-electron chi connectivity index (χ3n) is 5.13. The van der Waals surface area contributed by atoms with E-state index in [2.05, 4.69) is 15.5 Å². The number of carbonyl (C=O) groups excluding carboxylic acids is 2. The molecule has 9 heteroatoms. The van der Waals surface area contributed by atoms with Crippen LogP contribution in [-0.2, 0) is 4.79 Å². The summed E-state index contributed by atoms with van der Waals surface area (Å²) >= 11 is 0. The number of ether oxygens (including phenoxy) is 2. The van der Waals surface area contributed by atoms with Crippen LogP contribution in [0.4, 0.5) is 20.6 Å². The van der Waals surface area contributed by atoms with E-state index in [0.29, 0.717) is 43.4 Å². The third kappa shape index (κ3) is 4.40. The molecule has 158 valence electrons. The standard InChI is InChI=1S/C21H23FN4O4/c1-14(20(27)24-16-4-7-18-19(12-16)30-13-29-18)23-21(28)26-10-8-25(9-11-26)17-5-2-15(22)3-6-17/h2-7,12,14H,8-11,13H2,1H3,(H,23,28)(H,24,27)/t14-/m0/s1. The highest BCUT2D eigenvalue weighted by Crippen LogP contribution is 2.34. The Hall–Kier alpha value is -3.49. The van der Waals surface area contributed by atoms with E-state index in [9.17, 15) is 14.0 Å². The van der Waals surface area contributed by atoms with E-state index in [1.807, 2.05) is 0 Å². The van der Waals surface area contributed by atoms with Gasteiger partial charge >= 0.3 is 6.03 Å². The fraction of sp³-hybridized carbons (Fsp3) is 0.333. The molecule has 0 radical (unpaired) electrons. The van der Waals surface area contributed by atoms with Crippen molar-refractivity contribution in [3.8, 4) is 11.5 Å². The number of benzene rings is 2. The minimum atomic E-state index is -0.710. The van der Waals surface area contributed by atoms with Crippen LogP contribution in [0.2, 0.25) is 0 Å². The lowest BCUT2D eigenvalue weighted by Crippen LogP contribution is -2.54. The van der Waals surface area contributed by atoms with Gasteiger partial charge in [-0.1, -0.05) is 0 Å². The summed E-state index contributed by atoms with van der Waals surface area (Å²) in [7, 11) is 0. The molecule has 2 heterocycles. The van der Waals surface area contributed by atoms with Crippen LogP contribution in [0.1, 0.15) is 6.92 Å². The van der Waals surface area contributed by atoms with Crippen LogP contribution < -0.4 is 25.0 Å². The number of nitrogens with one attached hydrogen (secondary N) is 2. The molecule has 0 aromatic heterocycles. The summed E-state index contributed by atoms with van der Waals surface area (Å²) in [5.74, 6) is 0.606. The van der Waals surface area contributed by atoms with E-state index in [4.69, 9.17) is 9.47 Å². The maximum absolute atomic E-state index is 13.1. The molecule has 0 spiro atoms. The molecule has 1 atom stereocenters. The van der Waals surface area contributed by atoms with E-state index >= 15 is 0 Å². The van der Waals surface area contributed by atoms with Crippen molar-refractivity contribution in [2.45, 2.75) is 13.0 Å². The lowest BCUT2D eigenvalue weighted by atomic mass is 10.2. The summed E-state index contributed by atoms with van der Waals surface area (Å²) in [5, 5.41) is 5.50. The van der Waals surface area contributed by atoms with Gasteiger partial charge in [0, 0.05) is 43.6 Å². The highest BCUT2D eigenvalue weighted by Gasteiger charge is 2.24. The summed E-state index contributed by atoms with van der Waals surface area (Å²) < 4.78 is 23.6. The van der Waals surface area contributed by atoms with Gasteiger partial charge in [0.2, 0.25) is 12.7 Å². The first kappa shape index (κ1) is 19.8. The molecule has 8 nitrogen and oxygen atoms in total. The third-order valence-corrected chi connectivity index (χ3v) is 5.13. The Kier molecular flexibility index (Phi) is 5.60. The van der Waals surface area contributed by atoms with Crippen molar-refractivity contribution >= 4 is 23.3 Å². The molecule has 2 aliphatic rings. The van der Waals surface area contributed by atoms with Gasteiger partial charge in [0.25, 0.3) is 0 Å². The predicted octanol–water partition coefficient (Wildman–Crippen LogP) is 2.41. The van der Waals surface area contributed by atoms with Crippen molar-refractivity contribution in [3.63, 3.8) is 0 Å². The Labute approximate surface area is 173 Å². The summed E-state index contributed by atoms with van der Waals surface area (Å²) in [6, 6.07) is 10.4. The van der Waals surface area contributed by atoms with Crippen LogP contribution in [-0.4, -0.2) is 55.9 Å². The average molecular weight is 414 g/mol. The highest BCUT2D eigenvalue weighted by molar-refractivity contribution is 5.97. The largest absolute Gasteiger partial charge is 0.454 e. The molecular weight excluding hydrogens is 391 g/mol. The lowest BCUT2D eigenvalue weighted by molar-refractivity contribution is -0.117. The number of fused-ring (bicyclic) bond motifs is 1. The number of anilines is 2. The highest BCUT2D eigenvalue weighted by atomic mass is 19.1. The number of carbonyl (C=O) groups is 2. The molecule has 1 fully saturated rings. The lowest BCUT2D eigenvalue weighted by Gasteiger charge is -2.36. The van der Waals surface area contributed by atoms with Crippen molar-refractivity contribution in [3.05, 3.63) is 48.3 Å².